The number of hydrogen-bond acceptors (Lipinski definition) is 3. The molecule has 1 unspecified atom stereocenters. The van der Waals surface area contributed by atoms with E-state index in [0.717, 1.165) is 21.5 Å². The first-order valence-electron chi connectivity index (χ1n) is 6.75. The lowest BCUT2D eigenvalue weighted by Crippen LogP contribution is -2.19. The van der Waals surface area contributed by atoms with Gasteiger partial charge in [0.1, 0.15) is 11.5 Å². The monoisotopic (exact) mass is 349 g/mol. The average molecular weight is 350 g/mol. The first kappa shape index (κ1) is 15.9. The van der Waals surface area contributed by atoms with Gasteiger partial charge in [0.15, 0.2) is 0 Å². The van der Waals surface area contributed by atoms with Crippen molar-refractivity contribution in [2.24, 2.45) is 0 Å². The van der Waals surface area contributed by atoms with Gasteiger partial charge in [-0.2, -0.15) is 0 Å². The largest absolute Gasteiger partial charge is 0.497 e. The van der Waals surface area contributed by atoms with E-state index in [4.69, 9.17) is 9.47 Å². The Labute approximate surface area is 134 Å². The summed E-state index contributed by atoms with van der Waals surface area (Å²) in [6.07, 6.45) is 0. The molecule has 0 bridgehead atoms. The molecule has 0 saturated carbocycles. The third-order valence-electron chi connectivity index (χ3n) is 3.55. The van der Waals surface area contributed by atoms with Gasteiger partial charge >= 0.3 is 0 Å². The predicted molar refractivity (Wildman–Crippen MR) is 89.3 cm³/mol. The zero-order chi connectivity index (χ0) is 15.4. The highest BCUT2D eigenvalue weighted by Gasteiger charge is 2.16. The molecule has 2 rings (SSSR count). The van der Waals surface area contributed by atoms with E-state index in [2.05, 4.69) is 46.4 Å². The molecule has 0 radical (unpaired) electrons. The molecule has 0 aromatic heterocycles. The Kier molecular flexibility index (Phi) is 5.26. The summed E-state index contributed by atoms with van der Waals surface area (Å²) in [5.74, 6) is 1.58. The molecule has 3 nitrogen and oxygen atoms in total. The van der Waals surface area contributed by atoms with Gasteiger partial charge in [-0.15, -0.1) is 0 Å². The summed E-state index contributed by atoms with van der Waals surface area (Å²) in [6.45, 7) is 2.11. The van der Waals surface area contributed by atoms with Crippen molar-refractivity contribution >= 4 is 15.9 Å². The molecule has 4 heteroatoms. The van der Waals surface area contributed by atoms with Crippen LogP contribution in [0.15, 0.2) is 40.9 Å². The van der Waals surface area contributed by atoms with Crippen molar-refractivity contribution in [2.45, 2.75) is 13.0 Å². The molecule has 2 aromatic carbocycles. The second-order valence-corrected chi connectivity index (χ2v) is 5.78. The van der Waals surface area contributed by atoms with Crippen molar-refractivity contribution in [2.75, 3.05) is 21.3 Å². The van der Waals surface area contributed by atoms with Gasteiger partial charge in [-0.05, 0) is 54.9 Å². The highest BCUT2D eigenvalue weighted by atomic mass is 79.9. The molecule has 0 aliphatic carbocycles. The maximum absolute atomic E-state index is 5.36. The Morgan fingerprint density at radius 3 is 2.14 bits per heavy atom. The summed E-state index contributed by atoms with van der Waals surface area (Å²) in [5, 5.41) is 3.37. The molecule has 0 fully saturated rings. The van der Waals surface area contributed by atoms with Crippen LogP contribution < -0.4 is 14.8 Å². The number of methoxy groups -OCH3 is 2. The van der Waals surface area contributed by atoms with Crippen LogP contribution in [0, 0.1) is 6.92 Å². The lowest BCUT2D eigenvalue weighted by molar-refractivity contribution is 0.392. The highest BCUT2D eigenvalue weighted by Crippen LogP contribution is 2.32. The van der Waals surface area contributed by atoms with Crippen molar-refractivity contribution in [3.63, 3.8) is 0 Å². The second kappa shape index (κ2) is 6.96. The highest BCUT2D eigenvalue weighted by molar-refractivity contribution is 9.10. The molecule has 21 heavy (non-hydrogen) atoms. The van der Waals surface area contributed by atoms with Crippen LogP contribution in [-0.2, 0) is 0 Å². The van der Waals surface area contributed by atoms with Gasteiger partial charge in [-0.1, -0.05) is 22.0 Å². The Morgan fingerprint density at radius 2 is 1.62 bits per heavy atom. The number of hydrogen-bond donors (Lipinski definition) is 1. The number of halogens is 1. The van der Waals surface area contributed by atoms with Gasteiger partial charge < -0.3 is 14.8 Å². The predicted octanol–water partition coefficient (Wildman–Crippen LogP) is 4.08. The van der Waals surface area contributed by atoms with Crippen LogP contribution in [0.3, 0.4) is 0 Å². The summed E-state index contributed by atoms with van der Waals surface area (Å²) in [7, 11) is 5.28. The van der Waals surface area contributed by atoms with Gasteiger partial charge in [0.05, 0.1) is 20.3 Å². The van der Waals surface area contributed by atoms with Crippen LogP contribution in [0.4, 0.5) is 0 Å². The number of ether oxygens (including phenoxy) is 2. The van der Waals surface area contributed by atoms with Gasteiger partial charge in [0.2, 0.25) is 0 Å². The molecular weight excluding hydrogens is 330 g/mol. The topological polar surface area (TPSA) is 30.5 Å². The molecule has 0 amide bonds. The molecule has 0 saturated heterocycles. The lowest BCUT2D eigenvalue weighted by atomic mass is 9.95. The summed E-state index contributed by atoms with van der Waals surface area (Å²) in [4.78, 5) is 0. The van der Waals surface area contributed by atoms with E-state index in [1.807, 2.05) is 25.2 Å². The number of rotatable bonds is 5. The summed E-state index contributed by atoms with van der Waals surface area (Å²) < 4.78 is 11.8. The van der Waals surface area contributed by atoms with Crippen molar-refractivity contribution in [3.8, 4) is 11.5 Å². The van der Waals surface area contributed by atoms with Gasteiger partial charge in [0, 0.05) is 10.5 Å². The minimum Gasteiger partial charge on any atom is -0.497 e. The fraction of sp³-hybridized carbons (Fsp3) is 0.294. The molecule has 2 aromatic rings. The number of nitrogens with one attached hydrogen (secondary N) is 1. The van der Waals surface area contributed by atoms with Crippen molar-refractivity contribution in [3.05, 3.63) is 57.6 Å². The van der Waals surface area contributed by atoms with Crippen LogP contribution in [-0.4, -0.2) is 21.3 Å². The molecule has 1 atom stereocenters. The summed E-state index contributed by atoms with van der Waals surface area (Å²) >= 11 is 3.55. The fourth-order valence-corrected chi connectivity index (χ4v) is 2.80. The van der Waals surface area contributed by atoms with Crippen molar-refractivity contribution in [1.29, 1.82) is 0 Å². The van der Waals surface area contributed by atoms with E-state index in [1.165, 1.54) is 11.1 Å². The minimum absolute atomic E-state index is 0.0755. The number of benzene rings is 2. The summed E-state index contributed by atoms with van der Waals surface area (Å²) in [6, 6.07) is 12.3. The van der Waals surface area contributed by atoms with E-state index < -0.39 is 0 Å². The van der Waals surface area contributed by atoms with Gasteiger partial charge in [0.25, 0.3) is 0 Å². The normalized spacial score (nSPS) is 12.0. The van der Waals surface area contributed by atoms with Crippen LogP contribution >= 0.6 is 15.9 Å². The lowest BCUT2D eigenvalue weighted by Gasteiger charge is -2.21. The van der Waals surface area contributed by atoms with Crippen molar-refractivity contribution in [1.82, 2.24) is 5.32 Å². The fourth-order valence-electron chi connectivity index (χ4n) is 2.42. The van der Waals surface area contributed by atoms with Crippen LogP contribution in [0.2, 0.25) is 0 Å². The SMILES string of the molecule is CNC(c1cc(OC)cc(OC)c1)c1cc(Br)ccc1C. The quantitative estimate of drug-likeness (QED) is 0.881. The van der Waals surface area contributed by atoms with E-state index >= 15 is 0 Å². The van der Waals surface area contributed by atoms with E-state index in [-0.39, 0.29) is 6.04 Å². The Morgan fingerprint density at radius 1 is 1.00 bits per heavy atom. The van der Waals surface area contributed by atoms with Crippen molar-refractivity contribution < 1.29 is 9.47 Å². The van der Waals surface area contributed by atoms with Gasteiger partial charge in [-0.3, -0.25) is 0 Å². The maximum Gasteiger partial charge on any atom is 0.122 e. The molecule has 0 heterocycles. The summed E-state index contributed by atoms with van der Waals surface area (Å²) in [5.41, 5.74) is 3.57. The Balaban J connectivity index is 2.52. The zero-order valence-electron chi connectivity index (χ0n) is 12.7. The second-order valence-electron chi connectivity index (χ2n) is 4.87. The molecule has 0 aliphatic heterocycles. The van der Waals surface area contributed by atoms with Gasteiger partial charge in [-0.25, -0.2) is 0 Å². The van der Waals surface area contributed by atoms with E-state index in [0.29, 0.717) is 0 Å². The average Bonchev–Trinajstić information content (AvgIpc) is 2.51. The number of aryl methyl sites for hydroxylation is 1. The van der Waals surface area contributed by atoms with Crippen LogP contribution in [0.5, 0.6) is 11.5 Å². The minimum atomic E-state index is 0.0755. The van der Waals surface area contributed by atoms with Crippen LogP contribution in [0.25, 0.3) is 0 Å². The Hall–Kier alpha value is -1.52. The molecular formula is C17H20BrNO2. The standard InChI is InChI=1S/C17H20BrNO2/c1-11-5-6-13(18)9-16(11)17(19-2)12-7-14(20-3)10-15(8-12)21-4/h5-10,17,19H,1-4H3. The van der Waals surface area contributed by atoms with E-state index in [9.17, 15) is 0 Å². The first-order chi connectivity index (χ1) is 10.1. The molecule has 0 spiro atoms. The Bertz CT molecular complexity index is 606. The third kappa shape index (κ3) is 3.57. The van der Waals surface area contributed by atoms with E-state index in [1.54, 1.807) is 14.2 Å². The molecule has 112 valence electrons. The molecule has 0 aliphatic rings. The molecule has 1 N–H and O–H groups in total. The third-order valence-corrected chi connectivity index (χ3v) is 4.04. The maximum atomic E-state index is 5.36. The first-order valence-corrected chi connectivity index (χ1v) is 7.54. The zero-order valence-corrected chi connectivity index (χ0v) is 14.3. The van der Waals surface area contributed by atoms with Crippen LogP contribution in [0.1, 0.15) is 22.7 Å². The smallest absolute Gasteiger partial charge is 0.122 e.